The molecule has 0 atom stereocenters. The van der Waals surface area contributed by atoms with Gasteiger partial charge in [0.1, 0.15) is 5.75 Å². The molecule has 4 rings (SSSR count). The van der Waals surface area contributed by atoms with Gasteiger partial charge in [-0.05, 0) is 50.2 Å². The number of rotatable bonds is 7. The molecule has 0 unspecified atom stereocenters. The fourth-order valence-electron chi connectivity index (χ4n) is 3.20. The molecule has 0 saturated carbocycles. The highest BCUT2D eigenvalue weighted by Crippen LogP contribution is 2.31. The largest absolute Gasteiger partial charge is 0.495 e. The Kier molecular flexibility index (Phi) is 7.00. The second-order valence-corrected chi connectivity index (χ2v) is 8.54. The summed E-state index contributed by atoms with van der Waals surface area (Å²) in [5, 5.41) is 11.2. The number of carbonyl (C=O) groups excluding carboxylic acids is 1. The summed E-state index contributed by atoms with van der Waals surface area (Å²) in [7, 11) is 1.52. The average molecular weight is 497 g/mol. The minimum Gasteiger partial charge on any atom is -0.495 e. The number of aromatic nitrogens is 4. The zero-order valence-electron chi connectivity index (χ0n) is 18.7. The van der Waals surface area contributed by atoms with Gasteiger partial charge in [-0.3, -0.25) is 9.48 Å². The Morgan fingerprint density at radius 3 is 2.65 bits per heavy atom. The molecule has 174 valence electrons. The SMILES string of the molecule is COc1cc(C(=O)Nc2cccc(Cl)c2)ccc1Nc1ncc(Cl)c(-c2cnn(C(C)C)c2)n1. The number of hydrogen-bond acceptors (Lipinski definition) is 6. The van der Waals surface area contributed by atoms with Crippen LogP contribution in [0.1, 0.15) is 30.2 Å². The minimum atomic E-state index is -0.292. The second-order valence-electron chi connectivity index (χ2n) is 7.70. The van der Waals surface area contributed by atoms with Crippen molar-refractivity contribution in [3.05, 3.63) is 76.7 Å². The minimum absolute atomic E-state index is 0.214. The molecule has 0 spiro atoms. The maximum absolute atomic E-state index is 12.7. The average Bonchev–Trinajstić information content (AvgIpc) is 3.31. The van der Waals surface area contributed by atoms with E-state index in [1.807, 2.05) is 24.7 Å². The summed E-state index contributed by atoms with van der Waals surface area (Å²) in [6, 6.07) is 12.2. The summed E-state index contributed by atoms with van der Waals surface area (Å²) in [4.78, 5) is 21.5. The Morgan fingerprint density at radius 2 is 1.94 bits per heavy atom. The van der Waals surface area contributed by atoms with Crippen molar-refractivity contribution >= 4 is 46.4 Å². The highest BCUT2D eigenvalue weighted by Gasteiger charge is 2.15. The lowest BCUT2D eigenvalue weighted by molar-refractivity contribution is 0.102. The van der Waals surface area contributed by atoms with Crippen molar-refractivity contribution in [3.63, 3.8) is 0 Å². The van der Waals surface area contributed by atoms with Crippen molar-refractivity contribution in [1.82, 2.24) is 19.7 Å². The molecule has 8 nitrogen and oxygen atoms in total. The molecule has 2 N–H and O–H groups in total. The van der Waals surface area contributed by atoms with Gasteiger partial charge in [0.15, 0.2) is 0 Å². The van der Waals surface area contributed by atoms with Crippen molar-refractivity contribution in [1.29, 1.82) is 0 Å². The molecule has 2 aromatic carbocycles. The van der Waals surface area contributed by atoms with E-state index < -0.39 is 0 Å². The molecule has 0 aliphatic carbocycles. The molecule has 34 heavy (non-hydrogen) atoms. The molecule has 2 heterocycles. The van der Waals surface area contributed by atoms with Crippen molar-refractivity contribution in [3.8, 4) is 17.0 Å². The number of halogens is 2. The van der Waals surface area contributed by atoms with Crippen LogP contribution in [0.2, 0.25) is 10.0 Å². The van der Waals surface area contributed by atoms with Crippen LogP contribution in [0.15, 0.2) is 61.1 Å². The van der Waals surface area contributed by atoms with E-state index in [1.165, 1.54) is 13.3 Å². The van der Waals surface area contributed by atoms with Crippen LogP contribution in [0.25, 0.3) is 11.3 Å². The molecular formula is C24H22Cl2N6O2. The van der Waals surface area contributed by atoms with Crippen molar-refractivity contribution < 1.29 is 9.53 Å². The zero-order valence-corrected chi connectivity index (χ0v) is 20.2. The van der Waals surface area contributed by atoms with Gasteiger partial charge in [0, 0.05) is 34.1 Å². The smallest absolute Gasteiger partial charge is 0.255 e. The first-order chi connectivity index (χ1) is 16.3. The van der Waals surface area contributed by atoms with Crippen LogP contribution in [0.3, 0.4) is 0 Å². The monoisotopic (exact) mass is 496 g/mol. The van der Waals surface area contributed by atoms with E-state index in [9.17, 15) is 4.79 Å². The predicted molar refractivity (Wildman–Crippen MR) is 134 cm³/mol. The van der Waals surface area contributed by atoms with Gasteiger partial charge < -0.3 is 15.4 Å². The van der Waals surface area contributed by atoms with E-state index >= 15 is 0 Å². The molecule has 0 bridgehead atoms. The standard InChI is InChI=1S/C24H22Cl2N6O2/c1-14(2)32-13-16(11-28-32)22-19(26)12-27-24(31-22)30-20-8-7-15(9-21(20)34-3)23(33)29-18-6-4-5-17(25)10-18/h4-14H,1-3H3,(H,29,33)(H,27,30,31). The molecule has 1 amide bonds. The fourth-order valence-corrected chi connectivity index (χ4v) is 3.59. The van der Waals surface area contributed by atoms with Crippen LogP contribution in [0, 0.1) is 0 Å². The Hall–Kier alpha value is -3.62. The van der Waals surface area contributed by atoms with Gasteiger partial charge in [-0.25, -0.2) is 9.97 Å². The third-order valence-corrected chi connectivity index (χ3v) is 5.45. The van der Waals surface area contributed by atoms with Crippen LogP contribution >= 0.6 is 23.2 Å². The summed E-state index contributed by atoms with van der Waals surface area (Å²) in [5.74, 6) is 0.483. The third-order valence-electron chi connectivity index (χ3n) is 4.94. The number of anilines is 3. The normalized spacial score (nSPS) is 10.9. The first-order valence-corrected chi connectivity index (χ1v) is 11.2. The summed E-state index contributed by atoms with van der Waals surface area (Å²) < 4.78 is 7.32. The number of nitrogens with one attached hydrogen (secondary N) is 2. The zero-order chi connectivity index (χ0) is 24.2. The fraction of sp³-hybridized carbons (Fsp3) is 0.167. The molecule has 0 saturated heterocycles. The summed E-state index contributed by atoms with van der Waals surface area (Å²) in [5.41, 5.74) is 2.95. The lowest BCUT2D eigenvalue weighted by atomic mass is 10.1. The van der Waals surface area contributed by atoms with Gasteiger partial charge >= 0.3 is 0 Å². The maximum Gasteiger partial charge on any atom is 0.255 e. The van der Waals surface area contributed by atoms with E-state index in [2.05, 4.69) is 25.7 Å². The van der Waals surface area contributed by atoms with Crippen molar-refractivity contribution in [2.24, 2.45) is 0 Å². The first kappa shape index (κ1) is 23.5. The van der Waals surface area contributed by atoms with Gasteiger partial charge in [0.05, 0.1) is 35.9 Å². The predicted octanol–water partition coefficient (Wildman–Crippen LogP) is 6.23. The van der Waals surface area contributed by atoms with Crippen LogP contribution in [0.5, 0.6) is 5.75 Å². The molecule has 2 aromatic heterocycles. The van der Waals surface area contributed by atoms with Crippen LogP contribution in [-0.4, -0.2) is 32.8 Å². The van der Waals surface area contributed by atoms with Crippen LogP contribution in [0.4, 0.5) is 17.3 Å². The molecule has 0 radical (unpaired) electrons. The van der Waals surface area contributed by atoms with Crippen molar-refractivity contribution in [2.45, 2.75) is 19.9 Å². The van der Waals surface area contributed by atoms with E-state index in [-0.39, 0.29) is 11.9 Å². The molecule has 10 heteroatoms. The van der Waals surface area contributed by atoms with Gasteiger partial charge in [-0.15, -0.1) is 0 Å². The van der Waals surface area contributed by atoms with Gasteiger partial charge in [0.2, 0.25) is 5.95 Å². The van der Waals surface area contributed by atoms with E-state index in [1.54, 1.807) is 48.7 Å². The first-order valence-electron chi connectivity index (χ1n) is 10.4. The number of carbonyl (C=O) groups is 1. The number of nitrogens with zero attached hydrogens (tertiary/aromatic N) is 4. The third kappa shape index (κ3) is 5.30. The number of benzene rings is 2. The highest BCUT2D eigenvalue weighted by molar-refractivity contribution is 6.33. The quantitative estimate of drug-likeness (QED) is 0.314. The lowest BCUT2D eigenvalue weighted by Gasteiger charge is -2.13. The Bertz CT molecular complexity index is 1340. The summed E-state index contributed by atoms with van der Waals surface area (Å²) in [6.45, 7) is 4.08. The van der Waals surface area contributed by atoms with E-state index in [4.69, 9.17) is 27.9 Å². The molecule has 0 aliphatic heterocycles. The second kappa shape index (κ2) is 10.1. The molecular weight excluding hydrogens is 475 g/mol. The molecule has 4 aromatic rings. The van der Waals surface area contributed by atoms with Crippen LogP contribution in [-0.2, 0) is 0 Å². The van der Waals surface area contributed by atoms with Crippen LogP contribution < -0.4 is 15.4 Å². The van der Waals surface area contributed by atoms with Gasteiger partial charge in [0.25, 0.3) is 5.91 Å². The van der Waals surface area contributed by atoms with E-state index in [0.717, 1.165) is 5.56 Å². The summed E-state index contributed by atoms with van der Waals surface area (Å²) >= 11 is 12.3. The van der Waals surface area contributed by atoms with Gasteiger partial charge in [-0.1, -0.05) is 29.3 Å². The lowest BCUT2D eigenvalue weighted by Crippen LogP contribution is -2.12. The van der Waals surface area contributed by atoms with E-state index in [0.29, 0.717) is 44.4 Å². The number of methoxy groups -OCH3 is 1. The molecule has 0 fully saturated rings. The topological polar surface area (TPSA) is 94.0 Å². The van der Waals surface area contributed by atoms with Gasteiger partial charge in [-0.2, -0.15) is 5.10 Å². The number of hydrogen-bond donors (Lipinski definition) is 2. The maximum atomic E-state index is 12.7. The molecule has 0 aliphatic rings. The Morgan fingerprint density at radius 1 is 1.12 bits per heavy atom. The van der Waals surface area contributed by atoms with Crippen molar-refractivity contribution in [2.75, 3.05) is 17.7 Å². The number of amides is 1. The Labute approximate surface area is 206 Å². The highest BCUT2D eigenvalue weighted by atomic mass is 35.5. The number of ether oxygens (including phenoxy) is 1. The Balaban J connectivity index is 1.56. The summed E-state index contributed by atoms with van der Waals surface area (Å²) in [6.07, 6.45) is 5.13.